The third kappa shape index (κ3) is 4.74. The number of aryl methyl sites for hydroxylation is 1. The van der Waals surface area contributed by atoms with E-state index in [9.17, 15) is 0 Å². The first-order valence-electron chi connectivity index (χ1n) is 9.77. The van der Waals surface area contributed by atoms with Gasteiger partial charge < -0.3 is 9.64 Å². The van der Waals surface area contributed by atoms with Crippen molar-refractivity contribution < 1.29 is 4.74 Å². The number of likely N-dealkylation sites (tertiary alicyclic amines) is 1. The monoisotopic (exact) mass is 434 g/mol. The molecule has 1 saturated carbocycles. The summed E-state index contributed by atoms with van der Waals surface area (Å²) in [5.74, 6) is 1.08. The maximum absolute atomic E-state index is 8.61. The molecule has 4 rings (SSSR count). The molecule has 1 saturated heterocycles. The maximum Gasteiger partial charge on any atom is 0.233 e. The molecule has 29 heavy (non-hydrogen) atoms. The van der Waals surface area contributed by atoms with Gasteiger partial charge in [-0.3, -0.25) is 15.6 Å². The van der Waals surface area contributed by atoms with E-state index in [1.54, 1.807) is 12.1 Å². The highest BCUT2D eigenvalue weighted by Gasteiger charge is 2.33. The molecule has 9 heteroatoms. The van der Waals surface area contributed by atoms with E-state index in [1.807, 2.05) is 24.0 Å². The van der Waals surface area contributed by atoms with Crippen LogP contribution in [0.25, 0.3) is 0 Å². The summed E-state index contributed by atoms with van der Waals surface area (Å²) in [4.78, 5) is 13.1. The molecular formula is C20H24Cl2N6O. The van der Waals surface area contributed by atoms with Crippen LogP contribution in [0.1, 0.15) is 25.5 Å². The SMILES string of the molecule is CCN1CC(Oc2cc(C)nc(NC(=N)N(c3ccc(Cl)c(Cl)c3)C3CC3)n2)C1. The number of nitrogens with one attached hydrogen (secondary N) is 2. The fourth-order valence-corrected chi connectivity index (χ4v) is 3.63. The van der Waals surface area contributed by atoms with E-state index < -0.39 is 0 Å². The van der Waals surface area contributed by atoms with Crippen LogP contribution in [0.4, 0.5) is 11.6 Å². The van der Waals surface area contributed by atoms with Gasteiger partial charge in [0.25, 0.3) is 0 Å². The molecule has 2 aliphatic rings. The van der Waals surface area contributed by atoms with Crippen molar-refractivity contribution in [1.29, 1.82) is 5.41 Å². The van der Waals surface area contributed by atoms with Gasteiger partial charge in [0.05, 0.1) is 10.0 Å². The van der Waals surface area contributed by atoms with Crippen molar-refractivity contribution in [2.45, 2.75) is 38.8 Å². The molecule has 0 unspecified atom stereocenters. The van der Waals surface area contributed by atoms with E-state index in [0.717, 1.165) is 43.9 Å². The van der Waals surface area contributed by atoms with Crippen molar-refractivity contribution in [3.63, 3.8) is 0 Å². The van der Waals surface area contributed by atoms with Crippen molar-refractivity contribution in [1.82, 2.24) is 14.9 Å². The number of likely N-dealkylation sites (N-methyl/N-ethyl adjacent to an activating group) is 1. The Hall–Kier alpha value is -2.09. The van der Waals surface area contributed by atoms with Gasteiger partial charge >= 0.3 is 0 Å². The van der Waals surface area contributed by atoms with E-state index in [2.05, 4.69) is 27.1 Å². The van der Waals surface area contributed by atoms with Crippen LogP contribution in [0.15, 0.2) is 24.3 Å². The Balaban J connectivity index is 1.48. The van der Waals surface area contributed by atoms with Gasteiger partial charge in [-0.15, -0.1) is 0 Å². The highest BCUT2D eigenvalue weighted by Crippen LogP contribution is 2.35. The van der Waals surface area contributed by atoms with Crippen LogP contribution < -0.4 is 15.0 Å². The van der Waals surface area contributed by atoms with E-state index in [-0.39, 0.29) is 18.1 Å². The summed E-state index contributed by atoms with van der Waals surface area (Å²) < 4.78 is 5.97. The lowest BCUT2D eigenvalue weighted by Crippen LogP contribution is -2.53. The molecule has 0 bridgehead atoms. The fourth-order valence-electron chi connectivity index (χ4n) is 3.34. The highest BCUT2D eigenvalue weighted by atomic mass is 35.5. The number of aromatic nitrogens is 2. The second kappa shape index (κ2) is 8.34. The maximum atomic E-state index is 8.61. The molecule has 2 heterocycles. The number of nitrogens with zero attached hydrogens (tertiary/aromatic N) is 4. The number of guanidine groups is 1. The van der Waals surface area contributed by atoms with Crippen LogP contribution >= 0.6 is 23.2 Å². The van der Waals surface area contributed by atoms with Crippen molar-refractivity contribution in [2.24, 2.45) is 0 Å². The van der Waals surface area contributed by atoms with Crippen LogP contribution in [0.5, 0.6) is 5.88 Å². The van der Waals surface area contributed by atoms with Gasteiger partial charge in [0.2, 0.25) is 17.8 Å². The lowest BCUT2D eigenvalue weighted by Gasteiger charge is -2.37. The summed E-state index contributed by atoms with van der Waals surface area (Å²) >= 11 is 12.2. The Morgan fingerprint density at radius 1 is 1.24 bits per heavy atom. The number of ether oxygens (including phenoxy) is 1. The third-order valence-electron chi connectivity index (χ3n) is 5.05. The number of halogens is 2. The van der Waals surface area contributed by atoms with Gasteiger partial charge in [-0.1, -0.05) is 30.1 Å². The second-order valence-corrected chi connectivity index (χ2v) is 8.25. The Morgan fingerprint density at radius 3 is 2.66 bits per heavy atom. The fraction of sp³-hybridized carbons (Fsp3) is 0.450. The van der Waals surface area contributed by atoms with Crippen LogP contribution in [0.3, 0.4) is 0 Å². The first-order chi connectivity index (χ1) is 13.9. The van der Waals surface area contributed by atoms with Crippen molar-refractivity contribution >= 4 is 40.8 Å². The molecule has 0 amide bonds. The molecule has 7 nitrogen and oxygen atoms in total. The number of hydrogen-bond acceptors (Lipinski definition) is 5. The van der Waals surface area contributed by atoms with Gasteiger partial charge in [-0.25, -0.2) is 4.98 Å². The molecule has 1 aliphatic carbocycles. The predicted molar refractivity (Wildman–Crippen MR) is 117 cm³/mol. The standard InChI is InChI=1S/C20H24Cl2N6O/c1-3-27-10-15(11-27)29-18-8-12(2)24-20(25-18)26-19(23)28(13-4-5-13)14-6-7-16(21)17(22)9-14/h6-9,13,15H,3-5,10-11H2,1-2H3,(H2,23,24,25,26). The van der Waals surface area contributed by atoms with Crippen molar-refractivity contribution in [3.8, 4) is 5.88 Å². The first kappa shape index (κ1) is 20.2. The first-order valence-corrected chi connectivity index (χ1v) is 10.5. The minimum atomic E-state index is 0.149. The van der Waals surface area contributed by atoms with E-state index in [4.69, 9.17) is 33.3 Å². The van der Waals surface area contributed by atoms with Crippen molar-refractivity contribution in [3.05, 3.63) is 40.0 Å². The zero-order valence-electron chi connectivity index (χ0n) is 16.5. The smallest absolute Gasteiger partial charge is 0.233 e. The van der Waals surface area contributed by atoms with Gasteiger partial charge in [0.1, 0.15) is 6.10 Å². The Kier molecular flexibility index (Phi) is 5.81. The predicted octanol–water partition coefficient (Wildman–Crippen LogP) is 4.19. The molecule has 2 fully saturated rings. The Labute approximate surface area is 180 Å². The lowest BCUT2D eigenvalue weighted by atomic mass is 10.2. The van der Waals surface area contributed by atoms with Crippen LogP contribution in [-0.4, -0.2) is 52.6 Å². The largest absolute Gasteiger partial charge is 0.471 e. The van der Waals surface area contributed by atoms with E-state index >= 15 is 0 Å². The third-order valence-corrected chi connectivity index (χ3v) is 5.79. The summed E-state index contributed by atoms with van der Waals surface area (Å²) in [6, 6.07) is 7.46. The quantitative estimate of drug-likeness (QED) is 0.524. The molecule has 1 aliphatic heterocycles. The number of rotatable bonds is 6. The molecule has 0 radical (unpaired) electrons. The highest BCUT2D eigenvalue weighted by molar-refractivity contribution is 6.42. The van der Waals surface area contributed by atoms with Gasteiger partial charge in [0.15, 0.2) is 0 Å². The molecule has 0 spiro atoms. The number of anilines is 2. The van der Waals surface area contributed by atoms with Crippen molar-refractivity contribution in [2.75, 3.05) is 29.9 Å². The van der Waals surface area contributed by atoms with Crippen LogP contribution in [-0.2, 0) is 0 Å². The second-order valence-electron chi connectivity index (χ2n) is 7.44. The summed E-state index contributed by atoms with van der Waals surface area (Å²) in [6.45, 7) is 6.87. The van der Waals surface area contributed by atoms with E-state index in [1.165, 1.54) is 0 Å². The summed E-state index contributed by atoms with van der Waals surface area (Å²) in [7, 11) is 0. The molecular weight excluding hydrogens is 411 g/mol. The minimum Gasteiger partial charge on any atom is -0.471 e. The van der Waals surface area contributed by atoms with Gasteiger partial charge in [-0.05, 0) is 44.5 Å². The molecule has 1 aromatic heterocycles. The molecule has 2 N–H and O–H groups in total. The lowest BCUT2D eigenvalue weighted by molar-refractivity contribution is 0.0209. The van der Waals surface area contributed by atoms with E-state index in [0.29, 0.717) is 21.9 Å². The average molecular weight is 435 g/mol. The number of hydrogen-bond donors (Lipinski definition) is 2. The molecule has 0 atom stereocenters. The Bertz CT molecular complexity index is 914. The van der Waals surface area contributed by atoms with Crippen LogP contribution in [0, 0.1) is 12.3 Å². The minimum absolute atomic E-state index is 0.149. The average Bonchev–Trinajstić information content (AvgIpc) is 3.45. The summed E-state index contributed by atoms with van der Waals surface area (Å²) in [5.41, 5.74) is 1.60. The molecule has 2 aromatic rings. The summed E-state index contributed by atoms with van der Waals surface area (Å²) in [6.07, 6.45) is 2.18. The number of benzene rings is 1. The normalized spacial score (nSPS) is 17.0. The van der Waals surface area contributed by atoms with Gasteiger partial charge in [-0.2, -0.15) is 4.98 Å². The topological polar surface area (TPSA) is 77.4 Å². The molecule has 154 valence electrons. The van der Waals surface area contributed by atoms with Crippen LogP contribution in [0.2, 0.25) is 10.0 Å². The zero-order valence-corrected chi connectivity index (χ0v) is 18.0. The zero-order chi connectivity index (χ0) is 20.5. The van der Waals surface area contributed by atoms with Gasteiger partial charge in [0, 0.05) is 36.6 Å². The summed E-state index contributed by atoms with van der Waals surface area (Å²) in [5, 5.41) is 12.6. The molecule has 1 aromatic carbocycles. The Morgan fingerprint density at radius 2 is 2.00 bits per heavy atom.